The number of carbonyl (C=O) groups is 2. The van der Waals surface area contributed by atoms with Gasteiger partial charge in [-0.3, -0.25) is 9.59 Å². The van der Waals surface area contributed by atoms with Crippen LogP contribution in [0.2, 0.25) is 0 Å². The van der Waals surface area contributed by atoms with Gasteiger partial charge in [0.25, 0.3) is 0 Å². The summed E-state index contributed by atoms with van der Waals surface area (Å²) in [5.74, 6) is -0.599. The molecule has 1 aliphatic heterocycles. The van der Waals surface area contributed by atoms with Crippen LogP contribution in [0.5, 0.6) is 0 Å². The average Bonchev–Trinajstić information content (AvgIpc) is 2.20. The normalized spacial score (nSPS) is 14.8. The number of ketones is 1. The number of carbonyl (C=O) groups excluding carboxylic acids is 2. The summed E-state index contributed by atoms with van der Waals surface area (Å²) in [6.45, 7) is 5.90. The fourth-order valence-electron chi connectivity index (χ4n) is 1.22. The first-order chi connectivity index (χ1) is 7.16. The van der Waals surface area contributed by atoms with Gasteiger partial charge in [-0.2, -0.15) is 0 Å². The molecule has 15 heavy (non-hydrogen) atoms. The van der Waals surface area contributed by atoms with Crippen molar-refractivity contribution in [1.82, 2.24) is 5.32 Å². The highest BCUT2D eigenvalue weighted by atomic mass is 16.5. The van der Waals surface area contributed by atoms with Crippen molar-refractivity contribution in [1.29, 1.82) is 0 Å². The number of piperidine rings is 1. The van der Waals surface area contributed by atoms with Gasteiger partial charge in [0.1, 0.15) is 12.2 Å². The van der Waals surface area contributed by atoms with Gasteiger partial charge in [-0.25, -0.2) is 0 Å². The maximum Gasteiger partial charge on any atom is 0.313 e. The van der Waals surface area contributed by atoms with Crippen LogP contribution < -0.4 is 5.32 Å². The third-order valence-corrected chi connectivity index (χ3v) is 1.91. The van der Waals surface area contributed by atoms with Crippen LogP contribution in [0.4, 0.5) is 0 Å². The van der Waals surface area contributed by atoms with Gasteiger partial charge in [0.15, 0.2) is 0 Å². The molecule has 0 unspecified atom stereocenters. The Labute approximate surface area is 91.4 Å². The lowest BCUT2D eigenvalue weighted by molar-refractivity contribution is -0.145. The van der Waals surface area contributed by atoms with E-state index in [9.17, 15) is 9.59 Å². The number of hydrogen-bond acceptors (Lipinski definition) is 4. The highest BCUT2D eigenvalue weighted by molar-refractivity contribution is 5.94. The van der Waals surface area contributed by atoms with Crippen LogP contribution >= 0.6 is 0 Å². The summed E-state index contributed by atoms with van der Waals surface area (Å²) in [6.07, 6.45) is 4.11. The minimum Gasteiger partial charge on any atom is -0.466 e. The van der Waals surface area contributed by atoms with Gasteiger partial charge in [0.05, 0.1) is 6.61 Å². The molecule has 1 heterocycles. The number of esters is 1. The zero-order chi connectivity index (χ0) is 11.5. The van der Waals surface area contributed by atoms with E-state index >= 15 is 0 Å². The molecule has 1 aliphatic rings. The number of Topliss-reactive ketones (excluding diaryl/α,β-unsaturated/α-hetero) is 1. The Balaban J connectivity index is 0.000000280. The van der Waals surface area contributed by atoms with Crippen molar-refractivity contribution in [2.24, 2.45) is 0 Å². The fraction of sp³-hybridized carbons (Fsp3) is 0.818. The number of nitrogens with one attached hydrogen (secondary N) is 1. The summed E-state index contributed by atoms with van der Waals surface area (Å²) in [6, 6.07) is 0. The average molecular weight is 215 g/mol. The van der Waals surface area contributed by atoms with Crippen LogP contribution in [0.25, 0.3) is 0 Å². The maximum atomic E-state index is 10.4. The standard InChI is InChI=1S/C6H10O3.C5H11N/c1-3-9-6(8)4-5(2)7;1-2-4-6-5-3-1/h3-4H2,1-2H3;6H,1-5H2. The molecule has 0 aromatic rings. The maximum absolute atomic E-state index is 10.4. The van der Waals surface area contributed by atoms with Gasteiger partial charge < -0.3 is 10.1 Å². The molecular weight excluding hydrogens is 194 g/mol. The molecule has 0 saturated carbocycles. The van der Waals surface area contributed by atoms with Crippen molar-refractivity contribution in [3.63, 3.8) is 0 Å². The second-order valence-electron chi connectivity index (χ2n) is 3.49. The first-order valence-electron chi connectivity index (χ1n) is 5.52. The summed E-state index contributed by atoms with van der Waals surface area (Å²) in [5.41, 5.74) is 0. The van der Waals surface area contributed by atoms with Crippen LogP contribution in [0.3, 0.4) is 0 Å². The van der Waals surface area contributed by atoms with E-state index < -0.39 is 5.97 Å². The van der Waals surface area contributed by atoms with E-state index in [1.165, 1.54) is 39.3 Å². The quantitative estimate of drug-likeness (QED) is 0.569. The second kappa shape index (κ2) is 9.65. The van der Waals surface area contributed by atoms with Crippen molar-refractivity contribution in [3.8, 4) is 0 Å². The first kappa shape index (κ1) is 14.1. The first-order valence-corrected chi connectivity index (χ1v) is 5.52. The molecule has 0 amide bonds. The molecule has 0 spiro atoms. The van der Waals surface area contributed by atoms with Crippen molar-refractivity contribution >= 4 is 11.8 Å². The van der Waals surface area contributed by atoms with Crippen LogP contribution in [0.15, 0.2) is 0 Å². The highest BCUT2D eigenvalue weighted by Crippen LogP contribution is 1.96. The molecule has 4 heteroatoms. The topological polar surface area (TPSA) is 55.4 Å². The Hall–Kier alpha value is -0.900. The second-order valence-corrected chi connectivity index (χ2v) is 3.49. The van der Waals surface area contributed by atoms with Crippen LogP contribution in [0, 0.1) is 0 Å². The van der Waals surface area contributed by atoms with Gasteiger partial charge in [0.2, 0.25) is 0 Å². The molecule has 1 fully saturated rings. The van der Waals surface area contributed by atoms with Gasteiger partial charge in [-0.1, -0.05) is 6.42 Å². The summed E-state index contributed by atoms with van der Waals surface area (Å²) in [5, 5.41) is 3.28. The zero-order valence-electron chi connectivity index (χ0n) is 9.67. The van der Waals surface area contributed by atoms with Gasteiger partial charge in [-0.15, -0.1) is 0 Å². The molecule has 1 N–H and O–H groups in total. The highest BCUT2D eigenvalue weighted by Gasteiger charge is 2.03. The predicted molar refractivity (Wildman–Crippen MR) is 58.7 cm³/mol. The van der Waals surface area contributed by atoms with Crippen molar-refractivity contribution in [2.75, 3.05) is 19.7 Å². The molecule has 0 aromatic carbocycles. The zero-order valence-corrected chi connectivity index (χ0v) is 9.67. The number of ether oxygens (including phenoxy) is 1. The van der Waals surface area contributed by atoms with Crippen LogP contribution in [-0.2, 0) is 14.3 Å². The summed E-state index contributed by atoms with van der Waals surface area (Å²) in [4.78, 5) is 20.6. The van der Waals surface area contributed by atoms with E-state index in [1.54, 1.807) is 6.92 Å². The molecule has 0 bridgehead atoms. The molecule has 1 rings (SSSR count). The predicted octanol–water partition coefficient (Wildman–Crippen LogP) is 1.29. The molecule has 0 atom stereocenters. The Morgan fingerprint density at radius 1 is 1.20 bits per heavy atom. The minimum absolute atomic E-state index is 0.103. The minimum atomic E-state index is -0.440. The Kier molecular flexibility index (Phi) is 9.07. The summed E-state index contributed by atoms with van der Waals surface area (Å²) in [7, 11) is 0. The van der Waals surface area contributed by atoms with E-state index in [2.05, 4.69) is 10.1 Å². The van der Waals surface area contributed by atoms with Gasteiger partial charge in [-0.05, 0) is 39.8 Å². The monoisotopic (exact) mass is 215 g/mol. The molecule has 0 aromatic heterocycles. The van der Waals surface area contributed by atoms with E-state index in [0.29, 0.717) is 6.61 Å². The van der Waals surface area contributed by atoms with E-state index in [0.717, 1.165) is 0 Å². The molecule has 0 radical (unpaired) electrons. The summed E-state index contributed by atoms with van der Waals surface area (Å²) >= 11 is 0. The lowest BCUT2D eigenvalue weighted by Gasteiger charge is -2.08. The SMILES string of the molecule is C1CCNCC1.CCOC(=O)CC(C)=O. The Morgan fingerprint density at radius 3 is 2.07 bits per heavy atom. The largest absolute Gasteiger partial charge is 0.466 e. The van der Waals surface area contributed by atoms with Crippen molar-refractivity contribution < 1.29 is 14.3 Å². The summed E-state index contributed by atoms with van der Waals surface area (Å²) < 4.78 is 4.49. The van der Waals surface area contributed by atoms with Crippen LogP contribution in [0.1, 0.15) is 39.5 Å². The lowest BCUT2D eigenvalue weighted by Crippen LogP contribution is -2.21. The number of hydrogen-bond donors (Lipinski definition) is 1. The smallest absolute Gasteiger partial charge is 0.313 e. The molecule has 0 aliphatic carbocycles. The molecule has 88 valence electrons. The van der Waals surface area contributed by atoms with Crippen LogP contribution in [-0.4, -0.2) is 31.4 Å². The van der Waals surface area contributed by atoms with E-state index in [1.807, 2.05) is 0 Å². The van der Waals surface area contributed by atoms with Gasteiger partial charge >= 0.3 is 5.97 Å². The third-order valence-electron chi connectivity index (χ3n) is 1.91. The molecule has 4 nitrogen and oxygen atoms in total. The Morgan fingerprint density at radius 2 is 1.80 bits per heavy atom. The fourth-order valence-corrected chi connectivity index (χ4v) is 1.22. The van der Waals surface area contributed by atoms with Gasteiger partial charge in [0, 0.05) is 0 Å². The Bertz CT molecular complexity index is 177. The molecular formula is C11H21NO3. The lowest BCUT2D eigenvalue weighted by atomic mass is 10.2. The van der Waals surface area contributed by atoms with Crippen molar-refractivity contribution in [2.45, 2.75) is 39.5 Å². The third kappa shape index (κ3) is 11.0. The number of rotatable bonds is 3. The van der Waals surface area contributed by atoms with E-state index in [4.69, 9.17) is 0 Å². The van der Waals surface area contributed by atoms with E-state index in [-0.39, 0.29) is 12.2 Å². The van der Waals surface area contributed by atoms with Crippen molar-refractivity contribution in [3.05, 3.63) is 0 Å². The molecule has 1 saturated heterocycles.